The smallest absolute Gasteiger partial charge is 0.274 e. The lowest BCUT2D eigenvalue weighted by molar-refractivity contribution is 0.0692. The number of carbonyl (C=O) groups is 1. The summed E-state index contributed by atoms with van der Waals surface area (Å²) in [6.07, 6.45) is 2.94. The Bertz CT molecular complexity index is 1220. The van der Waals surface area contributed by atoms with E-state index in [0.717, 1.165) is 12.3 Å². The summed E-state index contributed by atoms with van der Waals surface area (Å²) >= 11 is 0. The molecule has 1 amide bonds. The molecule has 0 saturated heterocycles. The Morgan fingerprint density at radius 3 is 2.67 bits per heavy atom. The number of nitrogens with one attached hydrogen (secondary N) is 1. The Morgan fingerprint density at radius 2 is 1.97 bits per heavy atom. The van der Waals surface area contributed by atoms with Gasteiger partial charge in [-0.3, -0.25) is 9.52 Å². The fourth-order valence-corrected chi connectivity index (χ4v) is 3.86. The molecule has 1 N–H and O–H groups in total. The molecule has 3 aromatic rings. The third-order valence-electron chi connectivity index (χ3n) is 4.56. The minimum Gasteiger partial charge on any atom is -0.467 e. The maximum absolute atomic E-state index is 13.6. The lowest BCUT2D eigenvalue weighted by Crippen LogP contribution is -2.26. The first kappa shape index (κ1) is 19.8. The molecule has 0 spiro atoms. The van der Waals surface area contributed by atoms with Gasteiger partial charge in [-0.15, -0.1) is 0 Å². The Labute approximate surface area is 172 Å². The largest absolute Gasteiger partial charge is 0.467 e. The van der Waals surface area contributed by atoms with Gasteiger partial charge in [-0.2, -0.15) is 5.10 Å². The van der Waals surface area contributed by atoms with Crippen molar-refractivity contribution in [2.45, 2.75) is 12.5 Å². The molecule has 0 aliphatic carbocycles. The van der Waals surface area contributed by atoms with E-state index in [-0.39, 0.29) is 5.56 Å². The summed E-state index contributed by atoms with van der Waals surface area (Å²) < 4.78 is 44.6. The number of rotatable bonds is 5. The number of anilines is 1. The topological polar surface area (TPSA) is 92.0 Å². The molecular formula is C21H18FN3O4S. The molecule has 0 unspecified atom stereocenters. The molecule has 0 saturated carbocycles. The molecule has 154 valence electrons. The van der Waals surface area contributed by atoms with Crippen LogP contribution in [-0.4, -0.2) is 31.3 Å². The van der Waals surface area contributed by atoms with E-state index in [1.165, 1.54) is 29.5 Å². The van der Waals surface area contributed by atoms with Crippen molar-refractivity contribution in [2.24, 2.45) is 5.10 Å². The molecule has 0 bridgehead atoms. The first-order chi connectivity index (χ1) is 14.3. The zero-order chi connectivity index (χ0) is 21.3. The van der Waals surface area contributed by atoms with Crippen LogP contribution in [0.1, 0.15) is 34.1 Å². The monoisotopic (exact) mass is 427 g/mol. The van der Waals surface area contributed by atoms with E-state index < -0.39 is 27.8 Å². The number of hydrogen-bond donors (Lipinski definition) is 1. The van der Waals surface area contributed by atoms with E-state index in [1.807, 2.05) is 0 Å². The van der Waals surface area contributed by atoms with E-state index in [0.29, 0.717) is 29.1 Å². The van der Waals surface area contributed by atoms with Gasteiger partial charge in [0.15, 0.2) is 0 Å². The van der Waals surface area contributed by atoms with Gasteiger partial charge in [0.05, 0.1) is 18.2 Å². The predicted molar refractivity (Wildman–Crippen MR) is 110 cm³/mol. The van der Waals surface area contributed by atoms with Crippen molar-refractivity contribution in [1.29, 1.82) is 0 Å². The fourth-order valence-electron chi connectivity index (χ4n) is 3.30. The molecule has 1 aromatic heterocycles. The molecule has 4 rings (SSSR count). The van der Waals surface area contributed by atoms with E-state index >= 15 is 0 Å². The number of nitrogens with zero attached hydrogens (tertiary/aromatic N) is 2. The Morgan fingerprint density at radius 1 is 1.17 bits per heavy atom. The Balaban J connectivity index is 1.70. The van der Waals surface area contributed by atoms with Crippen LogP contribution in [-0.2, 0) is 10.0 Å². The van der Waals surface area contributed by atoms with Crippen molar-refractivity contribution in [1.82, 2.24) is 5.01 Å². The first-order valence-corrected chi connectivity index (χ1v) is 11.0. The standard InChI is InChI=1S/C21H18FN3O4S/c1-30(27,28)24-17-8-3-5-14(12-17)18-13-19(20-9-4-10-29-20)25(23-18)21(26)15-6-2-7-16(22)11-15/h2-12,19,24H,13H2,1H3/t19-/m0/s1. The van der Waals surface area contributed by atoms with Crippen molar-refractivity contribution in [3.8, 4) is 0 Å². The average molecular weight is 427 g/mol. The maximum Gasteiger partial charge on any atom is 0.274 e. The van der Waals surface area contributed by atoms with Gasteiger partial charge in [0.1, 0.15) is 17.6 Å². The third-order valence-corrected chi connectivity index (χ3v) is 5.17. The summed E-state index contributed by atoms with van der Waals surface area (Å²) in [6.45, 7) is 0. The highest BCUT2D eigenvalue weighted by atomic mass is 32.2. The number of benzene rings is 2. The second-order valence-corrected chi connectivity index (χ2v) is 8.65. The van der Waals surface area contributed by atoms with Crippen molar-refractivity contribution in [2.75, 3.05) is 11.0 Å². The van der Waals surface area contributed by atoms with E-state index in [2.05, 4.69) is 9.82 Å². The van der Waals surface area contributed by atoms with Crippen molar-refractivity contribution < 1.29 is 22.0 Å². The molecule has 2 aromatic carbocycles. The molecule has 7 nitrogen and oxygen atoms in total. The normalized spacial score (nSPS) is 16.4. The average Bonchev–Trinajstić information content (AvgIpc) is 3.36. The molecule has 1 atom stereocenters. The second-order valence-electron chi connectivity index (χ2n) is 6.90. The minimum atomic E-state index is -3.43. The van der Waals surface area contributed by atoms with Crippen molar-refractivity contribution >= 4 is 27.3 Å². The summed E-state index contributed by atoms with van der Waals surface area (Å²) in [6, 6.07) is 15.1. The van der Waals surface area contributed by atoms with Gasteiger partial charge >= 0.3 is 0 Å². The number of carbonyl (C=O) groups excluding carboxylic acids is 1. The van der Waals surface area contributed by atoms with Crippen molar-refractivity contribution in [3.05, 3.63) is 89.6 Å². The van der Waals surface area contributed by atoms with E-state index in [9.17, 15) is 17.6 Å². The van der Waals surface area contributed by atoms with Gasteiger partial charge in [-0.1, -0.05) is 18.2 Å². The summed E-state index contributed by atoms with van der Waals surface area (Å²) in [5.74, 6) is -0.432. The van der Waals surface area contributed by atoms with Crippen LogP contribution in [0.3, 0.4) is 0 Å². The highest BCUT2D eigenvalue weighted by Gasteiger charge is 2.35. The van der Waals surface area contributed by atoms with Crippen LogP contribution in [0.25, 0.3) is 0 Å². The van der Waals surface area contributed by atoms with E-state index in [4.69, 9.17) is 4.42 Å². The van der Waals surface area contributed by atoms with Crippen molar-refractivity contribution in [3.63, 3.8) is 0 Å². The van der Waals surface area contributed by atoms with Gasteiger partial charge in [0.2, 0.25) is 10.0 Å². The Kier molecular flexibility index (Phi) is 5.13. The molecule has 1 aliphatic rings. The zero-order valence-corrected chi connectivity index (χ0v) is 16.8. The van der Waals surface area contributed by atoms with Gasteiger partial charge in [0, 0.05) is 17.7 Å². The van der Waals surface area contributed by atoms with Crippen LogP contribution in [0.15, 0.2) is 76.4 Å². The zero-order valence-electron chi connectivity index (χ0n) is 15.9. The lowest BCUT2D eigenvalue weighted by Gasteiger charge is -2.19. The first-order valence-electron chi connectivity index (χ1n) is 9.08. The van der Waals surface area contributed by atoms with Crippen LogP contribution in [0.5, 0.6) is 0 Å². The number of halogens is 1. The lowest BCUT2D eigenvalue weighted by atomic mass is 10.0. The summed E-state index contributed by atoms with van der Waals surface area (Å²) in [5.41, 5.74) is 1.80. The number of hydrogen-bond acceptors (Lipinski definition) is 5. The highest BCUT2D eigenvalue weighted by Crippen LogP contribution is 2.34. The number of hydrazone groups is 1. The summed E-state index contributed by atoms with van der Waals surface area (Å²) in [4.78, 5) is 13.1. The number of furan rings is 1. The van der Waals surface area contributed by atoms with Gasteiger partial charge in [0.25, 0.3) is 5.91 Å². The predicted octanol–water partition coefficient (Wildman–Crippen LogP) is 3.78. The fraction of sp³-hybridized carbons (Fsp3) is 0.143. The quantitative estimate of drug-likeness (QED) is 0.671. The van der Waals surface area contributed by atoms with Crippen LogP contribution >= 0.6 is 0 Å². The highest BCUT2D eigenvalue weighted by molar-refractivity contribution is 7.92. The Hall–Kier alpha value is -3.46. The van der Waals surface area contributed by atoms with E-state index in [1.54, 1.807) is 36.4 Å². The number of amides is 1. The van der Waals surface area contributed by atoms with Crippen LogP contribution < -0.4 is 4.72 Å². The van der Waals surface area contributed by atoms with Gasteiger partial charge in [-0.05, 0) is 48.0 Å². The summed E-state index contributed by atoms with van der Waals surface area (Å²) in [5, 5.41) is 5.76. The second kappa shape index (κ2) is 7.75. The van der Waals surface area contributed by atoms with Gasteiger partial charge in [-0.25, -0.2) is 17.8 Å². The maximum atomic E-state index is 13.6. The van der Waals surface area contributed by atoms with Crippen LogP contribution in [0, 0.1) is 5.82 Å². The SMILES string of the molecule is CS(=O)(=O)Nc1cccc(C2=NN(C(=O)c3cccc(F)c3)[C@H](c3ccco3)C2)c1. The van der Waals surface area contributed by atoms with Gasteiger partial charge < -0.3 is 4.42 Å². The third kappa shape index (κ3) is 4.25. The number of sulfonamides is 1. The summed E-state index contributed by atoms with van der Waals surface area (Å²) in [7, 11) is -3.43. The van der Waals surface area contributed by atoms with Crippen LogP contribution in [0.4, 0.5) is 10.1 Å². The molecule has 9 heteroatoms. The molecule has 30 heavy (non-hydrogen) atoms. The minimum absolute atomic E-state index is 0.170. The molecule has 0 fully saturated rings. The molecular weight excluding hydrogens is 409 g/mol. The molecule has 2 heterocycles. The van der Waals surface area contributed by atoms with Crippen LogP contribution in [0.2, 0.25) is 0 Å². The molecule has 1 aliphatic heterocycles. The molecule has 0 radical (unpaired) electrons.